The molecule has 2 heterocycles. The van der Waals surface area contributed by atoms with Gasteiger partial charge in [0.05, 0.1) is 29.7 Å². The molecule has 0 saturated carbocycles. The minimum atomic E-state index is -3.40. The number of thiazole rings is 1. The number of ether oxygens (including phenoxy) is 2. The number of hydrogen-bond donors (Lipinski definition) is 1. The predicted molar refractivity (Wildman–Crippen MR) is 106 cm³/mol. The second kappa shape index (κ2) is 9.46. The van der Waals surface area contributed by atoms with E-state index in [0.717, 1.165) is 10.7 Å². The molecule has 0 atom stereocenters. The Morgan fingerprint density at radius 2 is 2.14 bits per heavy atom. The first kappa shape index (κ1) is 20.7. The van der Waals surface area contributed by atoms with Crippen molar-refractivity contribution in [1.82, 2.24) is 14.6 Å². The number of morpholine rings is 1. The number of hydrogen-bond acceptors (Lipinski definition) is 7. The number of carbonyl (C=O) groups is 1. The first-order valence-corrected chi connectivity index (χ1v) is 11.4. The fraction of sp³-hybridized carbons (Fsp3) is 0.444. The van der Waals surface area contributed by atoms with Crippen LogP contribution in [0.5, 0.6) is 5.75 Å². The smallest absolute Gasteiger partial charge is 0.251 e. The van der Waals surface area contributed by atoms with Gasteiger partial charge in [-0.05, 0) is 25.1 Å². The Hall–Kier alpha value is -2.01. The largest absolute Gasteiger partial charge is 0.487 e. The molecule has 3 rings (SSSR count). The van der Waals surface area contributed by atoms with Gasteiger partial charge in [-0.2, -0.15) is 4.31 Å². The lowest BCUT2D eigenvalue weighted by Gasteiger charge is -2.26. The van der Waals surface area contributed by atoms with Crippen LogP contribution in [0.2, 0.25) is 0 Å². The third-order valence-corrected chi connectivity index (χ3v) is 6.85. The molecule has 1 amide bonds. The number of sulfonamides is 1. The minimum absolute atomic E-state index is 0.0434. The van der Waals surface area contributed by atoms with E-state index < -0.39 is 10.0 Å². The van der Waals surface area contributed by atoms with Crippen LogP contribution in [0.1, 0.15) is 21.1 Å². The summed E-state index contributed by atoms with van der Waals surface area (Å²) in [5, 5.41) is 5.56. The highest BCUT2D eigenvalue weighted by Gasteiger charge is 2.24. The van der Waals surface area contributed by atoms with Gasteiger partial charge in [0.1, 0.15) is 12.4 Å². The van der Waals surface area contributed by atoms with Gasteiger partial charge in [0, 0.05) is 30.6 Å². The molecule has 152 valence electrons. The molecule has 1 fully saturated rings. The molecule has 1 aliphatic rings. The van der Waals surface area contributed by atoms with Crippen LogP contribution in [0.3, 0.4) is 0 Å². The van der Waals surface area contributed by atoms with E-state index in [1.165, 1.54) is 4.31 Å². The van der Waals surface area contributed by atoms with Gasteiger partial charge < -0.3 is 14.8 Å². The Morgan fingerprint density at radius 1 is 1.36 bits per heavy atom. The van der Waals surface area contributed by atoms with Crippen molar-refractivity contribution in [3.63, 3.8) is 0 Å². The Kier molecular flexibility index (Phi) is 7.00. The highest BCUT2D eigenvalue weighted by Crippen LogP contribution is 2.16. The quantitative estimate of drug-likeness (QED) is 0.687. The maximum absolute atomic E-state index is 12.3. The van der Waals surface area contributed by atoms with Crippen molar-refractivity contribution in [2.45, 2.75) is 13.5 Å². The van der Waals surface area contributed by atoms with Crippen LogP contribution in [0.15, 0.2) is 29.6 Å². The first-order chi connectivity index (χ1) is 13.4. The highest BCUT2D eigenvalue weighted by molar-refractivity contribution is 7.89. The topological polar surface area (TPSA) is 97.8 Å². The van der Waals surface area contributed by atoms with Crippen LogP contribution in [0.25, 0.3) is 0 Å². The molecule has 28 heavy (non-hydrogen) atoms. The van der Waals surface area contributed by atoms with Gasteiger partial charge >= 0.3 is 0 Å². The standard InChI is InChI=1S/C18H23N3O5S2/c1-14-20-16(13-27-14)12-26-17-4-2-3-15(11-17)18(22)19-5-10-28(23,24)21-6-8-25-9-7-21/h2-4,11,13H,5-10,12H2,1H3,(H,19,22). The van der Waals surface area contributed by atoms with Crippen LogP contribution >= 0.6 is 11.3 Å². The molecule has 8 nitrogen and oxygen atoms in total. The first-order valence-electron chi connectivity index (χ1n) is 8.92. The van der Waals surface area contributed by atoms with Gasteiger partial charge in [-0.15, -0.1) is 11.3 Å². The third kappa shape index (κ3) is 5.74. The summed E-state index contributed by atoms with van der Waals surface area (Å²) in [6.45, 7) is 3.81. The summed E-state index contributed by atoms with van der Waals surface area (Å²) in [5.41, 5.74) is 1.25. The second-order valence-corrected chi connectivity index (χ2v) is 9.41. The Labute approximate surface area is 168 Å². The average Bonchev–Trinajstić information content (AvgIpc) is 3.12. The molecule has 0 unspecified atom stereocenters. The van der Waals surface area contributed by atoms with Crippen molar-refractivity contribution < 1.29 is 22.7 Å². The minimum Gasteiger partial charge on any atom is -0.487 e. The van der Waals surface area contributed by atoms with Gasteiger partial charge in [0.15, 0.2) is 0 Å². The molecule has 2 aromatic rings. The zero-order valence-electron chi connectivity index (χ0n) is 15.6. The van der Waals surface area contributed by atoms with Gasteiger partial charge in [-0.25, -0.2) is 13.4 Å². The zero-order valence-corrected chi connectivity index (χ0v) is 17.2. The normalized spacial score (nSPS) is 15.3. The number of amides is 1. The molecule has 1 saturated heterocycles. The lowest BCUT2D eigenvalue weighted by atomic mass is 10.2. The number of rotatable bonds is 8. The van der Waals surface area contributed by atoms with Gasteiger partial charge in [0.2, 0.25) is 10.0 Å². The average molecular weight is 426 g/mol. The molecule has 10 heteroatoms. The summed E-state index contributed by atoms with van der Waals surface area (Å²) in [6, 6.07) is 6.77. The summed E-state index contributed by atoms with van der Waals surface area (Å²) in [4.78, 5) is 16.7. The van der Waals surface area contributed by atoms with E-state index in [-0.39, 0.29) is 18.2 Å². The van der Waals surface area contributed by atoms with E-state index in [1.807, 2.05) is 12.3 Å². The molecule has 1 aromatic heterocycles. The van der Waals surface area contributed by atoms with E-state index in [2.05, 4.69) is 10.3 Å². The summed E-state index contributed by atoms with van der Waals surface area (Å²) >= 11 is 1.55. The molecule has 0 aliphatic carbocycles. The van der Waals surface area contributed by atoms with Gasteiger partial charge in [0.25, 0.3) is 5.91 Å². The Bertz CT molecular complexity index is 907. The van der Waals surface area contributed by atoms with Crippen molar-refractivity contribution >= 4 is 27.3 Å². The Morgan fingerprint density at radius 3 is 2.86 bits per heavy atom. The van der Waals surface area contributed by atoms with E-state index in [0.29, 0.717) is 44.2 Å². The van der Waals surface area contributed by atoms with E-state index in [4.69, 9.17) is 9.47 Å². The fourth-order valence-corrected chi connectivity index (χ4v) is 4.63. The summed E-state index contributed by atoms with van der Waals surface area (Å²) < 4.78 is 36.8. The van der Waals surface area contributed by atoms with Crippen LogP contribution < -0.4 is 10.1 Å². The number of carbonyl (C=O) groups excluding carboxylic acids is 1. The molecule has 1 aliphatic heterocycles. The van der Waals surface area contributed by atoms with Gasteiger partial charge in [-0.1, -0.05) is 6.07 Å². The summed E-state index contributed by atoms with van der Waals surface area (Å²) in [5.74, 6) is 0.0735. The maximum Gasteiger partial charge on any atom is 0.251 e. The molecule has 1 aromatic carbocycles. The number of aryl methyl sites for hydroxylation is 1. The zero-order chi connectivity index (χ0) is 20.0. The molecule has 0 radical (unpaired) electrons. The van der Waals surface area contributed by atoms with Crippen molar-refractivity contribution in [2.24, 2.45) is 0 Å². The van der Waals surface area contributed by atoms with Crippen molar-refractivity contribution in [2.75, 3.05) is 38.6 Å². The second-order valence-electron chi connectivity index (χ2n) is 6.26. The van der Waals surface area contributed by atoms with Crippen LogP contribution in [-0.2, 0) is 21.4 Å². The van der Waals surface area contributed by atoms with Crippen LogP contribution in [0.4, 0.5) is 0 Å². The number of nitrogens with zero attached hydrogens (tertiary/aromatic N) is 2. The molecule has 0 bridgehead atoms. The lowest BCUT2D eigenvalue weighted by Crippen LogP contribution is -2.43. The number of nitrogens with one attached hydrogen (secondary N) is 1. The predicted octanol–water partition coefficient (Wildman–Crippen LogP) is 1.42. The SMILES string of the molecule is Cc1nc(COc2cccc(C(=O)NCCS(=O)(=O)N3CCOCC3)c2)cs1. The Balaban J connectivity index is 1.50. The molecule has 1 N–H and O–H groups in total. The fourth-order valence-electron chi connectivity index (χ4n) is 2.71. The molecular weight excluding hydrogens is 402 g/mol. The monoisotopic (exact) mass is 425 g/mol. The highest BCUT2D eigenvalue weighted by atomic mass is 32.2. The van der Waals surface area contributed by atoms with Gasteiger partial charge in [-0.3, -0.25) is 4.79 Å². The van der Waals surface area contributed by atoms with E-state index in [9.17, 15) is 13.2 Å². The number of benzene rings is 1. The van der Waals surface area contributed by atoms with Crippen molar-refractivity contribution in [1.29, 1.82) is 0 Å². The van der Waals surface area contributed by atoms with Crippen LogP contribution in [-0.4, -0.2) is 62.2 Å². The van der Waals surface area contributed by atoms with Crippen molar-refractivity contribution in [3.05, 3.63) is 45.9 Å². The van der Waals surface area contributed by atoms with E-state index >= 15 is 0 Å². The third-order valence-electron chi connectivity index (χ3n) is 4.16. The summed E-state index contributed by atoms with van der Waals surface area (Å²) in [6.07, 6.45) is 0. The number of aromatic nitrogens is 1. The summed E-state index contributed by atoms with van der Waals surface area (Å²) in [7, 11) is -3.40. The van der Waals surface area contributed by atoms with Crippen LogP contribution in [0, 0.1) is 6.92 Å². The molecule has 0 spiro atoms. The van der Waals surface area contributed by atoms with Crippen molar-refractivity contribution in [3.8, 4) is 5.75 Å². The molecular formula is C18H23N3O5S2. The maximum atomic E-state index is 12.3. The lowest BCUT2D eigenvalue weighted by molar-refractivity contribution is 0.0730. The van der Waals surface area contributed by atoms with E-state index in [1.54, 1.807) is 35.6 Å².